The van der Waals surface area contributed by atoms with Crippen molar-refractivity contribution in [1.82, 2.24) is 9.80 Å². The van der Waals surface area contributed by atoms with Crippen LogP contribution >= 0.6 is 45.9 Å². The summed E-state index contributed by atoms with van der Waals surface area (Å²) < 4.78 is 1.61. The average molecular weight is 688 g/mol. The van der Waals surface area contributed by atoms with Crippen molar-refractivity contribution in [2.75, 3.05) is 13.1 Å². The van der Waals surface area contributed by atoms with Gasteiger partial charge in [0.15, 0.2) is 0 Å². The Morgan fingerprint density at radius 1 is 0.630 bits per heavy atom. The first-order valence-corrected chi connectivity index (χ1v) is 18.3. The third kappa shape index (κ3) is 6.37. The Labute approximate surface area is 289 Å². The van der Waals surface area contributed by atoms with E-state index in [1.54, 1.807) is 22.7 Å². The van der Waals surface area contributed by atoms with E-state index in [1.165, 1.54) is 81.0 Å². The maximum atomic E-state index is 12.2. The lowest BCUT2D eigenvalue weighted by Gasteiger charge is -2.33. The number of nitrogens with zero attached hydrogens (tertiary/aromatic N) is 2. The lowest BCUT2D eigenvalue weighted by atomic mass is 9.84. The third-order valence-corrected chi connectivity index (χ3v) is 12.1. The van der Waals surface area contributed by atoms with Crippen molar-refractivity contribution in [3.05, 3.63) is 138 Å². The smallest absolute Gasteiger partial charge is 0.246 e. The Kier molecular flexibility index (Phi) is 8.99. The number of hydrogen-bond donors (Lipinski definition) is 0. The average Bonchev–Trinajstić information content (AvgIpc) is 4.01. The largest absolute Gasteiger partial charge is 0.333 e. The van der Waals surface area contributed by atoms with Crippen molar-refractivity contribution >= 4 is 57.7 Å². The summed E-state index contributed by atoms with van der Waals surface area (Å²) in [6.07, 6.45) is 7.91. The van der Waals surface area contributed by atoms with Crippen molar-refractivity contribution in [3.8, 4) is 0 Å². The highest BCUT2D eigenvalue weighted by molar-refractivity contribution is 7.16. The van der Waals surface area contributed by atoms with E-state index in [0.29, 0.717) is 38.0 Å². The van der Waals surface area contributed by atoms with Gasteiger partial charge in [-0.2, -0.15) is 0 Å². The molecule has 2 atom stereocenters. The molecule has 2 amide bonds. The predicted molar refractivity (Wildman–Crippen MR) is 190 cm³/mol. The molecule has 2 aliphatic carbocycles. The molecule has 0 unspecified atom stereocenters. The van der Waals surface area contributed by atoms with E-state index < -0.39 is 0 Å². The fraction of sp³-hybridized carbons (Fsp3) is 0.316. The summed E-state index contributed by atoms with van der Waals surface area (Å²) in [5.74, 6) is 1.79. The van der Waals surface area contributed by atoms with Crippen molar-refractivity contribution in [1.29, 1.82) is 0 Å². The summed E-state index contributed by atoms with van der Waals surface area (Å²) >= 11 is 15.7. The molecular formula is C38H36Cl2N2O2S2. The van der Waals surface area contributed by atoms with E-state index in [2.05, 4.69) is 73.8 Å². The SMILES string of the molecule is C=CC(=O)N1Cc2sc(Cl)cc2[C@@H](c2ccccc2C2CC2)C1.C=CC(=O)N1Cc2sc(Cl)cc2[C@H](c2ccccc2C2CC2)C1. The monoisotopic (exact) mass is 686 g/mol. The molecule has 4 heterocycles. The van der Waals surface area contributed by atoms with Crippen LogP contribution in [-0.2, 0) is 22.7 Å². The Hall–Kier alpha value is -3.16. The van der Waals surface area contributed by atoms with E-state index in [1.807, 2.05) is 9.80 Å². The molecule has 236 valence electrons. The number of rotatable bonds is 6. The summed E-state index contributed by atoms with van der Waals surface area (Å²) in [6, 6.07) is 21.5. The standard InChI is InChI=1S/2C19H18ClNOS/c2*1-2-19(22)21-10-16(15-9-18(20)23-17(15)11-21)14-6-4-3-5-13(14)12-7-8-12/h2*2-6,9,12,16H,1,7-8,10-11H2/t2*16-/m10/s1. The fourth-order valence-electron chi connectivity index (χ4n) is 7.08. The molecule has 2 aliphatic heterocycles. The van der Waals surface area contributed by atoms with Gasteiger partial charge in [-0.05, 0) is 95.2 Å². The molecule has 0 N–H and O–H groups in total. The molecule has 4 nitrogen and oxygen atoms in total. The van der Waals surface area contributed by atoms with Gasteiger partial charge in [-0.25, -0.2) is 0 Å². The zero-order chi connectivity index (χ0) is 31.9. The Balaban J connectivity index is 0.000000147. The molecule has 8 rings (SSSR count). The van der Waals surface area contributed by atoms with Crippen LogP contribution in [0.3, 0.4) is 0 Å². The van der Waals surface area contributed by atoms with Gasteiger partial charge in [-0.3, -0.25) is 9.59 Å². The lowest BCUT2D eigenvalue weighted by Crippen LogP contribution is -2.37. The van der Waals surface area contributed by atoms with Crippen molar-refractivity contribution in [2.45, 2.75) is 62.4 Å². The van der Waals surface area contributed by atoms with Crippen LogP contribution in [0.1, 0.15) is 92.5 Å². The van der Waals surface area contributed by atoms with Crippen LogP contribution in [0.4, 0.5) is 0 Å². The first-order chi connectivity index (χ1) is 22.3. The fourth-order valence-corrected chi connectivity index (χ4v) is 9.80. The number of carbonyl (C=O) groups excluding carboxylic acids is 2. The minimum absolute atomic E-state index is 0.00549. The number of carbonyl (C=O) groups is 2. The predicted octanol–water partition coefficient (Wildman–Crippen LogP) is 9.88. The third-order valence-electron chi connectivity index (χ3n) is 9.60. The summed E-state index contributed by atoms with van der Waals surface area (Å²) in [5, 5.41) is 0. The Bertz CT molecular complexity index is 1690. The normalized spacial score (nSPS) is 20.2. The second-order valence-corrected chi connectivity index (χ2v) is 16.2. The summed E-state index contributed by atoms with van der Waals surface area (Å²) in [7, 11) is 0. The second-order valence-electron chi connectivity index (χ2n) is 12.6. The van der Waals surface area contributed by atoms with Crippen LogP contribution in [0.15, 0.2) is 86.0 Å². The van der Waals surface area contributed by atoms with E-state index >= 15 is 0 Å². The maximum absolute atomic E-state index is 12.2. The summed E-state index contributed by atoms with van der Waals surface area (Å²) in [6.45, 7) is 9.96. The van der Waals surface area contributed by atoms with Gasteiger partial charge >= 0.3 is 0 Å². The quantitative estimate of drug-likeness (QED) is 0.190. The number of amides is 2. The van der Waals surface area contributed by atoms with E-state index in [0.717, 1.165) is 8.67 Å². The molecule has 4 aliphatic rings. The van der Waals surface area contributed by atoms with Gasteiger partial charge < -0.3 is 9.80 Å². The number of hydrogen-bond acceptors (Lipinski definition) is 4. The summed E-state index contributed by atoms with van der Waals surface area (Å²) in [5.41, 5.74) is 8.18. The molecule has 0 radical (unpaired) electrons. The molecule has 8 heteroatoms. The van der Waals surface area contributed by atoms with Crippen LogP contribution in [0.2, 0.25) is 8.67 Å². The van der Waals surface area contributed by atoms with Crippen LogP contribution in [0.25, 0.3) is 0 Å². The molecule has 2 aromatic carbocycles. The van der Waals surface area contributed by atoms with Crippen LogP contribution in [-0.4, -0.2) is 34.7 Å². The molecular weight excluding hydrogens is 651 g/mol. The summed E-state index contributed by atoms with van der Waals surface area (Å²) in [4.78, 5) is 30.5. The number of fused-ring (bicyclic) bond motifs is 2. The first-order valence-electron chi connectivity index (χ1n) is 15.9. The molecule has 0 bridgehead atoms. The number of thiophene rings is 2. The van der Waals surface area contributed by atoms with Gasteiger partial charge in [0.25, 0.3) is 0 Å². The topological polar surface area (TPSA) is 40.6 Å². The van der Waals surface area contributed by atoms with Crippen molar-refractivity contribution < 1.29 is 9.59 Å². The molecule has 46 heavy (non-hydrogen) atoms. The lowest BCUT2D eigenvalue weighted by molar-refractivity contribution is -0.127. The van der Waals surface area contributed by atoms with Crippen LogP contribution < -0.4 is 0 Å². The molecule has 2 aromatic heterocycles. The minimum atomic E-state index is -0.00549. The molecule has 2 fully saturated rings. The molecule has 0 spiro atoms. The highest BCUT2D eigenvalue weighted by Gasteiger charge is 2.36. The van der Waals surface area contributed by atoms with Gasteiger partial charge in [0.05, 0.1) is 21.8 Å². The maximum Gasteiger partial charge on any atom is 0.246 e. The van der Waals surface area contributed by atoms with E-state index in [9.17, 15) is 9.59 Å². The van der Waals surface area contributed by atoms with Gasteiger partial charge in [0, 0.05) is 34.7 Å². The highest BCUT2D eigenvalue weighted by Crippen LogP contribution is 2.48. The number of benzene rings is 2. The zero-order valence-electron chi connectivity index (χ0n) is 25.6. The number of halogens is 2. The van der Waals surface area contributed by atoms with E-state index in [-0.39, 0.29) is 23.7 Å². The molecule has 0 saturated heterocycles. The first kappa shape index (κ1) is 31.4. The highest BCUT2D eigenvalue weighted by atomic mass is 35.5. The van der Waals surface area contributed by atoms with Crippen LogP contribution in [0.5, 0.6) is 0 Å². The molecule has 2 saturated carbocycles. The van der Waals surface area contributed by atoms with Gasteiger partial charge in [0.1, 0.15) is 0 Å². The van der Waals surface area contributed by atoms with Crippen molar-refractivity contribution in [3.63, 3.8) is 0 Å². The van der Waals surface area contributed by atoms with Gasteiger partial charge in [-0.15, -0.1) is 22.7 Å². The Morgan fingerprint density at radius 2 is 1.00 bits per heavy atom. The minimum Gasteiger partial charge on any atom is -0.333 e. The molecule has 4 aromatic rings. The van der Waals surface area contributed by atoms with Gasteiger partial charge in [-0.1, -0.05) is 84.9 Å². The van der Waals surface area contributed by atoms with Crippen molar-refractivity contribution in [2.24, 2.45) is 0 Å². The van der Waals surface area contributed by atoms with E-state index in [4.69, 9.17) is 23.2 Å². The van der Waals surface area contributed by atoms with Crippen LogP contribution in [0, 0.1) is 0 Å². The second kappa shape index (κ2) is 13.2. The van der Waals surface area contributed by atoms with Gasteiger partial charge in [0.2, 0.25) is 11.8 Å². The zero-order valence-corrected chi connectivity index (χ0v) is 28.7. The Morgan fingerprint density at radius 3 is 1.35 bits per heavy atom.